The molecule has 1 rings (SSSR count). The molecule has 0 atom stereocenters. The summed E-state index contributed by atoms with van der Waals surface area (Å²) in [6, 6.07) is 6.49. The third-order valence-corrected chi connectivity index (χ3v) is 1.47. The minimum Gasteiger partial charge on any atom is -0.480 e. The number of nitrogens with zero attached hydrogens (tertiary/aromatic N) is 3. The monoisotopic (exact) mass is 192 g/mol. The molecule has 2 N–H and O–H groups in total. The highest BCUT2D eigenvalue weighted by atomic mass is 16.4. The van der Waals surface area contributed by atoms with Gasteiger partial charge in [0.05, 0.1) is 0 Å². The smallest absolute Gasteiger partial charge is 0.322 e. The fourth-order valence-corrected chi connectivity index (χ4v) is 0.875. The summed E-state index contributed by atoms with van der Waals surface area (Å²) in [4.78, 5) is 12.8. The summed E-state index contributed by atoms with van der Waals surface area (Å²) in [6.45, 7) is -0.138. The number of azide groups is 1. The lowest BCUT2D eigenvalue weighted by molar-refractivity contribution is -0.134. The summed E-state index contributed by atoms with van der Waals surface area (Å²) in [5, 5.41) is 14.4. The SMILES string of the molecule is [N-]=[N+]=Nc1ccc(NCC(=O)O)cc1. The highest BCUT2D eigenvalue weighted by Gasteiger charge is 1.96. The molecule has 1 aromatic carbocycles. The third-order valence-electron chi connectivity index (χ3n) is 1.47. The van der Waals surface area contributed by atoms with Crippen molar-refractivity contribution in [3.8, 4) is 0 Å². The van der Waals surface area contributed by atoms with Crippen LogP contribution in [-0.4, -0.2) is 17.6 Å². The van der Waals surface area contributed by atoms with Crippen molar-refractivity contribution >= 4 is 17.3 Å². The van der Waals surface area contributed by atoms with Crippen LogP contribution < -0.4 is 5.32 Å². The summed E-state index contributed by atoms with van der Waals surface area (Å²) in [5.74, 6) is -0.927. The molecule has 0 saturated heterocycles. The van der Waals surface area contributed by atoms with Gasteiger partial charge in [-0.05, 0) is 17.7 Å². The zero-order valence-corrected chi connectivity index (χ0v) is 7.21. The van der Waals surface area contributed by atoms with Gasteiger partial charge in [-0.3, -0.25) is 4.79 Å². The van der Waals surface area contributed by atoms with Crippen LogP contribution in [0.25, 0.3) is 10.4 Å². The summed E-state index contributed by atoms with van der Waals surface area (Å²) < 4.78 is 0. The van der Waals surface area contributed by atoms with Crippen LogP contribution in [0.1, 0.15) is 0 Å². The molecule has 6 heteroatoms. The lowest BCUT2D eigenvalue weighted by atomic mass is 10.3. The number of aliphatic carboxylic acids is 1. The maximum atomic E-state index is 10.2. The molecule has 0 radical (unpaired) electrons. The first-order valence-corrected chi connectivity index (χ1v) is 3.83. The Balaban J connectivity index is 2.63. The lowest BCUT2D eigenvalue weighted by Gasteiger charge is -2.02. The lowest BCUT2D eigenvalue weighted by Crippen LogP contribution is -2.11. The van der Waals surface area contributed by atoms with E-state index in [1.165, 1.54) is 0 Å². The Hall–Kier alpha value is -2.20. The molecule has 0 heterocycles. The molecule has 1 aromatic rings. The molecule has 0 bridgehead atoms. The molecular weight excluding hydrogens is 184 g/mol. The molecule has 14 heavy (non-hydrogen) atoms. The number of carboxylic acid groups (broad SMARTS) is 1. The number of hydrogen-bond donors (Lipinski definition) is 2. The third kappa shape index (κ3) is 3.04. The van der Waals surface area contributed by atoms with Crippen molar-refractivity contribution in [2.24, 2.45) is 5.11 Å². The van der Waals surface area contributed by atoms with Crippen LogP contribution >= 0.6 is 0 Å². The van der Waals surface area contributed by atoms with Crippen LogP contribution in [0.3, 0.4) is 0 Å². The molecule has 0 fully saturated rings. The summed E-state index contributed by atoms with van der Waals surface area (Å²) in [7, 11) is 0. The molecule has 0 amide bonds. The molecule has 0 spiro atoms. The van der Waals surface area contributed by atoms with E-state index < -0.39 is 5.97 Å². The molecule has 0 unspecified atom stereocenters. The molecule has 0 saturated carbocycles. The first kappa shape index (κ1) is 9.88. The molecule has 6 nitrogen and oxygen atoms in total. The van der Waals surface area contributed by atoms with E-state index in [-0.39, 0.29) is 6.54 Å². The largest absolute Gasteiger partial charge is 0.480 e. The fraction of sp³-hybridized carbons (Fsp3) is 0.125. The number of rotatable bonds is 4. The van der Waals surface area contributed by atoms with E-state index in [1.807, 2.05) is 0 Å². The van der Waals surface area contributed by atoms with Crippen molar-refractivity contribution in [3.63, 3.8) is 0 Å². The zero-order chi connectivity index (χ0) is 10.4. The minimum atomic E-state index is -0.927. The number of benzene rings is 1. The number of hydrogen-bond acceptors (Lipinski definition) is 3. The van der Waals surface area contributed by atoms with Gasteiger partial charge in [0, 0.05) is 16.3 Å². The number of carboxylic acids is 1. The summed E-state index contributed by atoms with van der Waals surface area (Å²) in [5.41, 5.74) is 9.29. The second-order valence-electron chi connectivity index (χ2n) is 2.48. The molecule has 0 aliphatic rings. The maximum absolute atomic E-state index is 10.2. The Kier molecular flexibility index (Phi) is 3.34. The maximum Gasteiger partial charge on any atom is 0.322 e. The zero-order valence-electron chi connectivity index (χ0n) is 7.21. The van der Waals surface area contributed by atoms with Gasteiger partial charge in [0.15, 0.2) is 0 Å². The second kappa shape index (κ2) is 4.74. The Labute approximate surface area is 79.8 Å². The van der Waals surface area contributed by atoms with Gasteiger partial charge >= 0.3 is 5.97 Å². The van der Waals surface area contributed by atoms with E-state index in [9.17, 15) is 4.79 Å². The van der Waals surface area contributed by atoms with Gasteiger partial charge < -0.3 is 10.4 Å². The van der Waals surface area contributed by atoms with Gasteiger partial charge in [-0.1, -0.05) is 17.2 Å². The fourth-order valence-electron chi connectivity index (χ4n) is 0.875. The van der Waals surface area contributed by atoms with Crippen LogP contribution in [0.15, 0.2) is 29.4 Å². The van der Waals surface area contributed by atoms with Gasteiger partial charge in [0.2, 0.25) is 0 Å². The van der Waals surface area contributed by atoms with E-state index in [0.717, 1.165) is 0 Å². The van der Waals surface area contributed by atoms with Crippen molar-refractivity contribution in [2.45, 2.75) is 0 Å². The van der Waals surface area contributed by atoms with Crippen molar-refractivity contribution in [1.82, 2.24) is 0 Å². The van der Waals surface area contributed by atoms with Crippen molar-refractivity contribution in [3.05, 3.63) is 34.7 Å². The average Bonchev–Trinajstić information content (AvgIpc) is 2.17. The quantitative estimate of drug-likeness (QED) is 0.434. The van der Waals surface area contributed by atoms with Crippen LogP contribution in [-0.2, 0) is 4.79 Å². The Bertz CT molecular complexity index is 367. The average molecular weight is 192 g/mol. The number of nitrogens with one attached hydrogen (secondary N) is 1. The normalized spacial score (nSPS) is 8.86. The standard InChI is InChI=1S/C8H8N4O2/c9-12-11-7-3-1-6(2-4-7)10-5-8(13)14/h1-4,10H,5H2,(H,13,14). The summed E-state index contributed by atoms with van der Waals surface area (Å²) in [6.07, 6.45) is 0. The van der Waals surface area contributed by atoms with E-state index in [0.29, 0.717) is 11.4 Å². The molecule has 0 aromatic heterocycles. The Morgan fingerprint density at radius 3 is 2.64 bits per heavy atom. The first-order chi connectivity index (χ1) is 6.72. The number of anilines is 1. The van der Waals surface area contributed by atoms with Gasteiger partial charge in [-0.15, -0.1) is 0 Å². The predicted octanol–water partition coefficient (Wildman–Crippen LogP) is 2.12. The van der Waals surface area contributed by atoms with Gasteiger partial charge in [-0.2, -0.15) is 0 Å². The van der Waals surface area contributed by atoms with Crippen molar-refractivity contribution in [2.75, 3.05) is 11.9 Å². The van der Waals surface area contributed by atoms with Gasteiger partial charge in [0.25, 0.3) is 0 Å². The van der Waals surface area contributed by atoms with Crippen LogP contribution in [0.2, 0.25) is 0 Å². The van der Waals surface area contributed by atoms with Gasteiger partial charge in [0.1, 0.15) is 6.54 Å². The van der Waals surface area contributed by atoms with E-state index in [1.54, 1.807) is 24.3 Å². The minimum absolute atomic E-state index is 0.138. The van der Waals surface area contributed by atoms with E-state index >= 15 is 0 Å². The molecule has 72 valence electrons. The number of carbonyl (C=O) groups is 1. The van der Waals surface area contributed by atoms with Crippen LogP contribution in [0.5, 0.6) is 0 Å². The molecule has 0 aliphatic carbocycles. The second-order valence-corrected chi connectivity index (χ2v) is 2.48. The summed E-state index contributed by atoms with van der Waals surface area (Å²) >= 11 is 0. The molecule has 0 aliphatic heterocycles. The highest BCUT2D eigenvalue weighted by Crippen LogP contribution is 2.15. The predicted molar refractivity (Wildman–Crippen MR) is 51.4 cm³/mol. The van der Waals surface area contributed by atoms with Crippen molar-refractivity contribution in [1.29, 1.82) is 0 Å². The van der Waals surface area contributed by atoms with Gasteiger partial charge in [-0.25, -0.2) is 0 Å². The first-order valence-electron chi connectivity index (χ1n) is 3.83. The Morgan fingerprint density at radius 1 is 1.50 bits per heavy atom. The van der Waals surface area contributed by atoms with E-state index in [2.05, 4.69) is 15.3 Å². The van der Waals surface area contributed by atoms with E-state index in [4.69, 9.17) is 10.6 Å². The highest BCUT2D eigenvalue weighted by molar-refractivity contribution is 5.72. The Morgan fingerprint density at radius 2 is 2.14 bits per heavy atom. The van der Waals surface area contributed by atoms with Crippen LogP contribution in [0, 0.1) is 0 Å². The topological polar surface area (TPSA) is 98.1 Å². The van der Waals surface area contributed by atoms with Crippen molar-refractivity contribution < 1.29 is 9.90 Å². The molecular formula is C8H8N4O2. The van der Waals surface area contributed by atoms with Crippen LogP contribution in [0.4, 0.5) is 11.4 Å².